The van der Waals surface area contributed by atoms with Crippen LogP contribution >= 0.6 is 0 Å². The molecule has 4 fully saturated rings. The van der Waals surface area contributed by atoms with Crippen LogP contribution < -0.4 is 0 Å². The zero-order valence-electron chi connectivity index (χ0n) is 12.2. The lowest BCUT2D eigenvalue weighted by Gasteiger charge is -2.69. The number of carbonyl (C=O) groups is 1. The molecule has 4 nitrogen and oxygen atoms in total. The number of aliphatic hydroxyl groups is 2. The molecule has 0 amide bonds. The third-order valence-corrected chi connectivity index (χ3v) is 6.86. The molecular formula is C16H25NO3. The van der Waals surface area contributed by atoms with Crippen molar-refractivity contribution < 1.29 is 15.0 Å². The number of aliphatic hydroxyl groups excluding tert-OH is 1. The van der Waals surface area contributed by atoms with Gasteiger partial charge in [0.15, 0.2) is 5.78 Å². The summed E-state index contributed by atoms with van der Waals surface area (Å²) in [6, 6.07) is 0. The fraction of sp³-hybridized carbons (Fsp3) is 0.938. The summed E-state index contributed by atoms with van der Waals surface area (Å²) in [4.78, 5) is 15.1. The van der Waals surface area contributed by atoms with Gasteiger partial charge in [0, 0.05) is 6.42 Å². The van der Waals surface area contributed by atoms with Crippen molar-refractivity contribution in [2.24, 2.45) is 17.8 Å². The van der Waals surface area contributed by atoms with Crippen LogP contribution in [0.4, 0.5) is 0 Å². The third-order valence-electron chi connectivity index (χ3n) is 6.86. The van der Waals surface area contributed by atoms with E-state index in [0.29, 0.717) is 18.8 Å². The highest BCUT2D eigenvalue weighted by Crippen LogP contribution is 2.60. The van der Waals surface area contributed by atoms with Gasteiger partial charge in [-0.05, 0) is 62.9 Å². The fourth-order valence-electron chi connectivity index (χ4n) is 6.11. The lowest BCUT2D eigenvalue weighted by atomic mass is 9.46. The summed E-state index contributed by atoms with van der Waals surface area (Å²) in [6.45, 7) is 4.09. The second-order valence-corrected chi connectivity index (χ2v) is 7.59. The quantitative estimate of drug-likeness (QED) is 0.693. The lowest BCUT2D eigenvalue weighted by molar-refractivity contribution is -0.246. The fourth-order valence-corrected chi connectivity index (χ4v) is 6.11. The van der Waals surface area contributed by atoms with Crippen molar-refractivity contribution in [1.29, 1.82) is 0 Å². The summed E-state index contributed by atoms with van der Waals surface area (Å²) >= 11 is 0. The molecule has 6 atom stereocenters. The molecule has 2 saturated heterocycles. The van der Waals surface area contributed by atoms with E-state index < -0.39 is 5.60 Å². The average Bonchev–Trinajstić information content (AvgIpc) is 2.42. The van der Waals surface area contributed by atoms with Crippen LogP contribution in [0.5, 0.6) is 0 Å². The molecular weight excluding hydrogens is 254 g/mol. The Morgan fingerprint density at radius 1 is 1.30 bits per heavy atom. The van der Waals surface area contributed by atoms with Crippen LogP contribution in [0.25, 0.3) is 0 Å². The van der Waals surface area contributed by atoms with Gasteiger partial charge in [0.1, 0.15) is 5.60 Å². The van der Waals surface area contributed by atoms with Crippen LogP contribution in [0, 0.1) is 17.8 Å². The first-order valence-electron chi connectivity index (χ1n) is 8.19. The van der Waals surface area contributed by atoms with Gasteiger partial charge in [-0.1, -0.05) is 6.92 Å². The number of ketones is 1. The van der Waals surface area contributed by atoms with E-state index in [9.17, 15) is 15.0 Å². The van der Waals surface area contributed by atoms with E-state index in [0.717, 1.165) is 38.8 Å². The van der Waals surface area contributed by atoms with Gasteiger partial charge < -0.3 is 10.2 Å². The molecule has 4 rings (SSSR count). The Hall–Kier alpha value is -0.450. The molecule has 4 heteroatoms. The molecule has 0 aromatic heterocycles. The van der Waals surface area contributed by atoms with Crippen molar-refractivity contribution in [3.63, 3.8) is 0 Å². The van der Waals surface area contributed by atoms with Gasteiger partial charge >= 0.3 is 0 Å². The maximum atomic E-state index is 12.7. The molecule has 112 valence electrons. The van der Waals surface area contributed by atoms with Crippen LogP contribution in [-0.2, 0) is 4.79 Å². The van der Waals surface area contributed by atoms with Crippen molar-refractivity contribution >= 4 is 5.78 Å². The summed E-state index contributed by atoms with van der Waals surface area (Å²) in [5.41, 5.74) is -1.52. The second-order valence-electron chi connectivity index (χ2n) is 7.59. The number of piperidine rings is 2. The summed E-state index contributed by atoms with van der Waals surface area (Å²) in [7, 11) is 0. The molecule has 2 aliphatic heterocycles. The highest BCUT2D eigenvalue weighted by Gasteiger charge is 2.71. The minimum absolute atomic E-state index is 0.00343. The van der Waals surface area contributed by atoms with E-state index in [-0.39, 0.29) is 29.3 Å². The Bertz CT molecular complexity index is 451. The first kappa shape index (κ1) is 13.2. The summed E-state index contributed by atoms with van der Waals surface area (Å²) in [6.07, 6.45) is 4.50. The first-order chi connectivity index (χ1) is 9.50. The van der Waals surface area contributed by atoms with Crippen molar-refractivity contribution in [3.05, 3.63) is 0 Å². The molecule has 2 heterocycles. The van der Waals surface area contributed by atoms with E-state index in [1.807, 2.05) is 0 Å². The van der Waals surface area contributed by atoms with Crippen LogP contribution in [0.1, 0.15) is 45.4 Å². The summed E-state index contributed by atoms with van der Waals surface area (Å²) in [5, 5.41) is 21.8. The zero-order valence-corrected chi connectivity index (χ0v) is 12.2. The van der Waals surface area contributed by atoms with E-state index in [1.54, 1.807) is 0 Å². The van der Waals surface area contributed by atoms with Gasteiger partial charge in [0.2, 0.25) is 0 Å². The number of rotatable bonds is 0. The normalized spacial score (nSPS) is 55.5. The molecule has 1 spiro atoms. The minimum Gasteiger partial charge on any atom is -0.393 e. The molecule has 0 aromatic rings. The third kappa shape index (κ3) is 1.31. The predicted octanol–water partition coefficient (Wildman–Crippen LogP) is 0.952. The number of hydrogen-bond donors (Lipinski definition) is 2. The molecule has 4 aliphatic rings. The lowest BCUT2D eigenvalue weighted by Crippen LogP contribution is -2.81. The Morgan fingerprint density at radius 2 is 2.05 bits per heavy atom. The molecule has 2 N–H and O–H groups in total. The average molecular weight is 279 g/mol. The SMILES string of the molecule is CC1CC23C4CCCN2CCCC3(O)C(=O)CC4C1O. The molecule has 6 unspecified atom stereocenters. The minimum atomic E-state index is -1.15. The molecule has 2 aliphatic carbocycles. The predicted molar refractivity (Wildman–Crippen MR) is 74.1 cm³/mol. The number of Topliss-reactive ketones (excluding diaryl/α,β-unsaturated/α-hetero) is 1. The highest BCUT2D eigenvalue weighted by atomic mass is 16.3. The Kier molecular flexibility index (Phi) is 2.68. The molecule has 0 aromatic carbocycles. The van der Waals surface area contributed by atoms with Gasteiger partial charge in [-0.15, -0.1) is 0 Å². The first-order valence-corrected chi connectivity index (χ1v) is 8.19. The van der Waals surface area contributed by atoms with Gasteiger partial charge in [0.05, 0.1) is 11.6 Å². The molecule has 2 bridgehead atoms. The summed E-state index contributed by atoms with van der Waals surface area (Å²) < 4.78 is 0. The van der Waals surface area contributed by atoms with Gasteiger partial charge in [-0.3, -0.25) is 9.69 Å². The maximum absolute atomic E-state index is 12.7. The number of carbonyl (C=O) groups excluding carboxylic acids is 1. The number of hydrogen-bond acceptors (Lipinski definition) is 4. The van der Waals surface area contributed by atoms with Crippen LogP contribution in [0.2, 0.25) is 0 Å². The van der Waals surface area contributed by atoms with Gasteiger partial charge in [-0.2, -0.15) is 0 Å². The van der Waals surface area contributed by atoms with Crippen molar-refractivity contribution in [2.45, 2.75) is 62.7 Å². The van der Waals surface area contributed by atoms with Gasteiger partial charge in [0.25, 0.3) is 0 Å². The maximum Gasteiger partial charge on any atom is 0.166 e. The van der Waals surface area contributed by atoms with Crippen molar-refractivity contribution in [3.8, 4) is 0 Å². The van der Waals surface area contributed by atoms with E-state index in [2.05, 4.69) is 11.8 Å². The van der Waals surface area contributed by atoms with Crippen molar-refractivity contribution in [1.82, 2.24) is 4.90 Å². The molecule has 0 radical (unpaired) electrons. The zero-order chi connectivity index (χ0) is 14.1. The largest absolute Gasteiger partial charge is 0.393 e. The molecule has 2 saturated carbocycles. The topological polar surface area (TPSA) is 60.8 Å². The smallest absolute Gasteiger partial charge is 0.166 e. The standard InChI is InChI=1S/C16H25NO3/c1-10-9-15-12-4-2-6-17(15)7-3-5-16(15,20)13(18)8-11(12)14(10)19/h10-12,14,19-20H,2-9H2,1H3. The van der Waals surface area contributed by atoms with Crippen LogP contribution in [0.3, 0.4) is 0 Å². The second kappa shape index (κ2) is 4.05. The van der Waals surface area contributed by atoms with Gasteiger partial charge in [-0.25, -0.2) is 0 Å². The molecule has 20 heavy (non-hydrogen) atoms. The highest BCUT2D eigenvalue weighted by molar-refractivity contribution is 5.90. The number of nitrogens with zero attached hydrogens (tertiary/aromatic N) is 1. The van der Waals surface area contributed by atoms with Crippen LogP contribution in [-0.4, -0.2) is 51.2 Å². The monoisotopic (exact) mass is 279 g/mol. The Morgan fingerprint density at radius 3 is 2.85 bits per heavy atom. The Balaban J connectivity index is 1.89. The van der Waals surface area contributed by atoms with E-state index >= 15 is 0 Å². The van der Waals surface area contributed by atoms with Crippen LogP contribution in [0.15, 0.2) is 0 Å². The summed E-state index contributed by atoms with van der Waals surface area (Å²) in [5.74, 6) is 0.531. The Labute approximate surface area is 120 Å². The van der Waals surface area contributed by atoms with Crippen molar-refractivity contribution in [2.75, 3.05) is 13.1 Å². The van der Waals surface area contributed by atoms with E-state index in [4.69, 9.17) is 0 Å². The van der Waals surface area contributed by atoms with E-state index in [1.165, 1.54) is 0 Å².